The summed E-state index contributed by atoms with van der Waals surface area (Å²) < 4.78 is 22.8. The minimum atomic E-state index is -1.63. The van der Waals surface area contributed by atoms with Crippen molar-refractivity contribution in [2.24, 2.45) is 0 Å². The van der Waals surface area contributed by atoms with E-state index in [1.54, 1.807) is 0 Å². The number of hydrogen-bond acceptors (Lipinski definition) is 8. The number of rotatable bonds is 72. The molecule has 89 heavy (non-hydrogen) atoms. The molecule has 0 aliphatic carbocycles. The van der Waals surface area contributed by atoms with Crippen LogP contribution in [0.1, 0.15) is 373 Å². The van der Waals surface area contributed by atoms with Crippen molar-refractivity contribution >= 4 is 17.9 Å². The van der Waals surface area contributed by atoms with Crippen molar-refractivity contribution in [3.8, 4) is 0 Å². The summed E-state index contributed by atoms with van der Waals surface area (Å²) in [5, 5.41) is 11.8. The lowest BCUT2D eigenvalue weighted by Crippen LogP contribution is -2.44. The maximum absolute atomic E-state index is 12.9. The number of ether oxygens (including phenoxy) is 4. The zero-order chi connectivity index (χ0) is 64.7. The molecule has 0 saturated carbocycles. The van der Waals surface area contributed by atoms with E-state index in [0.717, 1.165) is 77.0 Å². The van der Waals surface area contributed by atoms with Crippen LogP contribution >= 0.6 is 0 Å². The van der Waals surface area contributed by atoms with Gasteiger partial charge in [0.05, 0.1) is 40.3 Å². The molecule has 2 unspecified atom stereocenters. The molecule has 0 heterocycles. The quantitative estimate of drug-likeness (QED) is 0.0195. The van der Waals surface area contributed by atoms with E-state index in [0.29, 0.717) is 23.9 Å². The van der Waals surface area contributed by atoms with Gasteiger partial charge < -0.3 is 33.3 Å². The molecule has 0 saturated heterocycles. The number of esters is 2. The molecule has 0 fully saturated rings. The molecule has 0 N–H and O–H groups in total. The lowest BCUT2D eigenvalue weighted by molar-refractivity contribution is -0.870. The summed E-state index contributed by atoms with van der Waals surface area (Å²) in [6, 6.07) is 0. The molecule has 0 aliphatic heterocycles. The third-order valence-electron chi connectivity index (χ3n) is 17.3. The average Bonchev–Trinajstić information content (AvgIpc) is 3.64. The number of unbranched alkanes of at least 4 members (excludes halogenated alkanes) is 47. The molecular weight excluding hydrogens is 1100 g/mol. The molecule has 0 aromatic heterocycles. The number of carboxylic acid groups (broad SMARTS) is 1. The fourth-order valence-corrected chi connectivity index (χ4v) is 11.5. The summed E-state index contributed by atoms with van der Waals surface area (Å²) >= 11 is 0. The molecule has 0 aromatic rings. The van der Waals surface area contributed by atoms with Crippen molar-refractivity contribution in [3.63, 3.8) is 0 Å². The Kier molecular flexibility index (Phi) is 68.5. The highest BCUT2D eigenvalue weighted by molar-refractivity contribution is 5.70. The molecule has 0 bridgehead atoms. The second kappa shape index (κ2) is 70.9. The number of allylic oxidation sites excluding steroid dienone is 10. The van der Waals surface area contributed by atoms with Crippen LogP contribution in [0.2, 0.25) is 0 Å². The molecule has 520 valence electrons. The van der Waals surface area contributed by atoms with Crippen LogP contribution < -0.4 is 5.11 Å². The predicted molar refractivity (Wildman–Crippen MR) is 380 cm³/mol. The fourth-order valence-electron chi connectivity index (χ4n) is 11.5. The van der Waals surface area contributed by atoms with Gasteiger partial charge in [0.2, 0.25) is 0 Å². The lowest BCUT2D eigenvalue weighted by Gasteiger charge is -2.26. The van der Waals surface area contributed by atoms with E-state index in [-0.39, 0.29) is 32.2 Å². The first-order valence-electron chi connectivity index (χ1n) is 38.4. The van der Waals surface area contributed by atoms with Gasteiger partial charge in [-0.3, -0.25) is 9.59 Å². The highest BCUT2D eigenvalue weighted by Crippen LogP contribution is 2.19. The van der Waals surface area contributed by atoms with Crippen molar-refractivity contribution in [1.29, 1.82) is 0 Å². The molecular formula is C80H147NO8. The largest absolute Gasteiger partial charge is 0.545 e. The summed E-state index contributed by atoms with van der Waals surface area (Å²) in [5.74, 6) is -2.28. The van der Waals surface area contributed by atoms with Crippen LogP contribution in [-0.4, -0.2) is 82.3 Å². The van der Waals surface area contributed by atoms with Crippen LogP contribution in [-0.2, 0) is 33.3 Å². The van der Waals surface area contributed by atoms with E-state index in [1.807, 2.05) is 21.1 Å². The summed E-state index contributed by atoms with van der Waals surface area (Å²) in [5.41, 5.74) is 0. The van der Waals surface area contributed by atoms with Crippen molar-refractivity contribution < 1.29 is 42.9 Å². The zero-order valence-electron chi connectivity index (χ0n) is 59.6. The van der Waals surface area contributed by atoms with E-state index in [2.05, 4.69) is 74.6 Å². The fraction of sp³-hybridized carbons (Fsp3) is 0.838. The van der Waals surface area contributed by atoms with Crippen molar-refractivity contribution in [1.82, 2.24) is 0 Å². The van der Waals surface area contributed by atoms with Gasteiger partial charge in [-0.15, -0.1) is 0 Å². The summed E-state index contributed by atoms with van der Waals surface area (Å²) in [6.07, 6.45) is 90.7. The molecule has 9 heteroatoms. The van der Waals surface area contributed by atoms with E-state index >= 15 is 0 Å². The average molecular weight is 1250 g/mol. The number of carbonyl (C=O) groups is 3. The Bertz CT molecular complexity index is 1650. The van der Waals surface area contributed by atoms with Crippen LogP contribution in [0.25, 0.3) is 0 Å². The van der Waals surface area contributed by atoms with Crippen LogP contribution in [0.15, 0.2) is 60.8 Å². The van der Waals surface area contributed by atoms with Gasteiger partial charge in [0.1, 0.15) is 13.2 Å². The topological polar surface area (TPSA) is 111 Å². The van der Waals surface area contributed by atoms with Gasteiger partial charge in [-0.2, -0.15) is 0 Å². The van der Waals surface area contributed by atoms with Crippen LogP contribution in [0.4, 0.5) is 0 Å². The van der Waals surface area contributed by atoms with E-state index < -0.39 is 24.3 Å². The van der Waals surface area contributed by atoms with Gasteiger partial charge in [0, 0.05) is 12.8 Å². The van der Waals surface area contributed by atoms with Crippen molar-refractivity contribution in [2.45, 2.75) is 386 Å². The van der Waals surface area contributed by atoms with Gasteiger partial charge >= 0.3 is 11.9 Å². The minimum absolute atomic E-state index is 0.145. The first-order chi connectivity index (χ1) is 43.6. The van der Waals surface area contributed by atoms with Gasteiger partial charge in [0.25, 0.3) is 0 Å². The molecule has 0 aliphatic rings. The number of aliphatic carboxylic acids is 1. The SMILES string of the molecule is CC/C=C\C/C=C\C/C=C\C/C=C\C/C=C\CCCCCCCCCC(=O)OC(COC(=O)CCCCCCCCCCCCCCCCCCCCCCCCCCCCCCCCCCCCCCCCCCC)COC(OCC[N+](C)(C)C)C(=O)[O-]. The molecule has 0 aromatic carbocycles. The zero-order valence-corrected chi connectivity index (χ0v) is 59.6. The first-order valence-corrected chi connectivity index (χ1v) is 38.4. The normalized spacial score (nSPS) is 13.0. The summed E-state index contributed by atoms with van der Waals surface area (Å²) in [7, 11) is 5.93. The number of carbonyl (C=O) groups excluding carboxylic acids is 3. The number of nitrogens with zero attached hydrogens (tertiary/aromatic N) is 1. The third-order valence-corrected chi connectivity index (χ3v) is 17.3. The number of likely N-dealkylation sites (N-methyl/N-ethyl adjacent to an activating group) is 1. The Labute approximate surface area is 552 Å². The van der Waals surface area contributed by atoms with E-state index in [4.69, 9.17) is 18.9 Å². The maximum atomic E-state index is 12.9. The Morgan fingerprint density at radius 3 is 0.955 bits per heavy atom. The minimum Gasteiger partial charge on any atom is -0.545 e. The molecule has 0 spiro atoms. The van der Waals surface area contributed by atoms with Crippen molar-refractivity contribution in [3.05, 3.63) is 60.8 Å². The van der Waals surface area contributed by atoms with Crippen LogP contribution in [0.3, 0.4) is 0 Å². The Morgan fingerprint density at radius 2 is 0.640 bits per heavy atom. The Balaban J connectivity index is 3.94. The predicted octanol–water partition coefficient (Wildman–Crippen LogP) is 22.9. The second-order valence-corrected chi connectivity index (χ2v) is 27.3. The van der Waals surface area contributed by atoms with Crippen molar-refractivity contribution in [2.75, 3.05) is 47.5 Å². The van der Waals surface area contributed by atoms with Crippen LogP contribution in [0.5, 0.6) is 0 Å². The first kappa shape index (κ1) is 86.0. The van der Waals surface area contributed by atoms with Gasteiger partial charge in [-0.1, -0.05) is 364 Å². The Morgan fingerprint density at radius 1 is 0.348 bits per heavy atom. The molecule has 0 amide bonds. The summed E-state index contributed by atoms with van der Waals surface area (Å²) in [4.78, 5) is 37.5. The van der Waals surface area contributed by atoms with Gasteiger partial charge in [0.15, 0.2) is 12.4 Å². The molecule has 0 radical (unpaired) electrons. The van der Waals surface area contributed by atoms with Gasteiger partial charge in [-0.05, 0) is 57.8 Å². The number of hydrogen-bond donors (Lipinski definition) is 0. The van der Waals surface area contributed by atoms with Gasteiger partial charge in [-0.25, -0.2) is 0 Å². The maximum Gasteiger partial charge on any atom is 0.306 e. The Hall–Kier alpha value is -3.01. The molecule has 0 rings (SSSR count). The smallest absolute Gasteiger partial charge is 0.306 e. The van der Waals surface area contributed by atoms with Crippen LogP contribution in [0, 0.1) is 0 Å². The highest BCUT2D eigenvalue weighted by atomic mass is 16.7. The third kappa shape index (κ3) is 72.3. The standard InChI is InChI=1S/C80H147NO8/c1-6-8-10-12-14-16-18-20-22-24-26-28-30-31-32-33-34-35-36-37-38-39-40-41-42-43-44-45-46-47-49-50-52-54-56-58-60-62-64-66-68-70-77(82)87-74-76(75-88-80(79(84)85)86-73-72-81(3,4)5)89-78(83)71-69-67-65-63-61-59-57-55-53-51-48-29-27-25-23-21-19-17-15-13-11-9-7-2/h9,11,15,17,21,23,27,29,51,53,76,80H,6-8,10,12-14,16,18-20,22,24-26,28,30-50,52,54-75H2,1-5H3/b11-9-,17-15-,23-21-,29-27-,53-51-. The summed E-state index contributed by atoms with van der Waals surface area (Å²) in [6.45, 7) is 4.67. The highest BCUT2D eigenvalue weighted by Gasteiger charge is 2.22. The lowest BCUT2D eigenvalue weighted by atomic mass is 10.0. The number of carboxylic acids is 1. The molecule has 2 atom stereocenters. The van der Waals surface area contributed by atoms with E-state index in [9.17, 15) is 19.5 Å². The van der Waals surface area contributed by atoms with E-state index in [1.165, 1.54) is 263 Å². The number of quaternary nitrogens is 1. The molecule has 9 nitrogen and oxygen atoms in total. The monoisotopic (exact) mass is 1250 g/mol. The second-order valence-electron chi connectivity index (χ2n) is 27.3.